The number of non-ortho nitro benzene ring substituents is 1. The summed E-state index contributed by atoms with van der Waals surface area (Å²) in [5.41, 5.74) is 3.43. The number of aldehydes is 1. The maximum absolute atomic E-state index is 13.7. The van der Waals surface area contributed by atoms with Crippen LogP contribution in [0.4, 0.5) is 10.5 Å². The normalized spacial score (nSPS) is 23.5. The van der Waals surface area contributed by atoms with Gasteiger partial charge in [0.15, 0.2) is 0 Å². The number of aliphatic hydroxyl groups excluding tert-OH is 2. The fourth-order valence-electron chi connectivity index (χ4n) is 8.83. The molecule has 6 atom stereocenters. The first kappa shape index (κ1) is 43.0. The van der Waals surface area contributed by atoms with E-state index in [0.29, 0.717) is 46.9 Å². The molecule has 0 spiro atoms. The van der Waals surface area contributed by atoms with Crippen LogP contribution >= 0.6 is 0 Å². The highest BCUT2D eigenvalue weighted by atomic mass is 16.7. The number of hydrogen-bond acceptors (Lipinski definition) is 12. The standard InChI is InChI=1S/C45H53N3O11/c1-4-23-56-45-41(47(3)44(52)55-5-2)27-39(46-57-29-30-15-17-33(18-16-30)48(53)54)37-25-32(12-6-8-21-49)36(14-7-9-22-50)42(43(37)45)38-26-35(19-20-40(38)59-45)58-34-13-10-11-31(24-34)28-51/h4,10-11,13,15-20,24-26,28,32,36,41-43,49-50H,1,5-9,12,14,21-23,27,29H2,2-3H3. The van der Waals surface area contributed by atoms with Gasteiger partial charge >= 0.3 is 6.09 Å². The zero-order chi connectivity index (χ0) is 41.9. The fourth-order valence-corrected chi connectivity index (χ4v) is 8.83. The summed E-state index contributed by atoms with van der Waals surface area (Å²) in [5.74, 6) is -0.703. The number of allylic oxidation sites excluding steroid dienone is 1. The predicted molar refractivity (Wildman–Crippen MR) is 220 cm³/mol. The molecular formula is C45H53N3O11. The van der Waals surface area contributed by atoms with Crippen LogP contribution in [-0.2, 0) is 20.9 Å². The van der Waals surface area contributed by atoms with Gasteiger partial charge in [-0.2, -0.15) is 0 Å². The molecule has 314 valence electrons. The summed E-state index contributed by atoms with van der Waals surface area (Å²) in [6.07, 6.45) is 8.54. The number of nitro benzene ring substituents is 1. The lowest BCUT2D eigenvalue weighted by Gasteiger charge is -2.59. The second-order valence-corrected chi connectivity index (χ2v) is 15.1. The van der Waals surface area contributed by atoms with Crippen LogP contribution in [-0.4, -0.2) is 83.4 Å². The monoisotopic (exact) mass is 811 g/mol. The van der Waals surface area contributed by atoms with E-state index < -0.39 is 28.8 Å². The summed E-state index contributed by atoms with van der Waals surface area (Å²) in [7, 11) is 1.66. The molecule has 0 saturated heterocycles. The Labute approximate surface area is 344 Å². The number of ether oxygens (including phenoxy) is 4. The van der Waals surface area contributed by atoms with Crippen LogP contribution in [0.5, 0.6) is 17.2 Å². The van der Waals surface area contributed by atoms with E-state index in [1.54, 1.807) is 62.5 Å². The molecule has 1 saturated carbocycles. The highest BCUT2D eigenvalue weighted by Gasteiger charge is 2.65. The van der Waals surface area contributed by atoms with E-state index in [2.05, 4.69) is 12.7 Å². The van der Waals surface area contributed by atoms with E-state index in [-0.39, 0.29) is 62.9 Å². The Kier molecular flexibility index (Phi) is 14.5. The van der Waals surface area contributed by atoms with Gasteiger partial charge < -0.3 is 38.9 Å². The first-order chi connectivity index (χ1) is 28.7. The second-order valence-electron chi connectivity index (χ2n) is 15.1. The summed E-state index contributed by atoms with van der Waals surface area (Å²) in [5, 5.41) is 35.7. The molecule has 1 amide bonds. The van der Waals surface area contributed by atoms with Crippen molar-refractivity contribution >= 4 is 23.8 Å². The van der Waals surface area contributed by atoms with E-state index in [4.69, 9.17) is 28.9 Å². The molecular weight excluding hydrogens is 759 g/mol. The molecule has 6 rings (SSSR count). The molecule has 2 aliphatic carbocycles. The van der Waals surface area contributed by atoms with Crippen LogP contribution in [0.2, 0.25) is 0 Å². The Morgan fingerprint density at radius 3 is 2.49 bits per heavy atom. The number of fused-ring (bicyclic) bond motifs is 2. The minimum atomic E-state index is -1.46. The van der Waals surface area contributed by atoms with E-state index in [1.165, 1.54) is 17.0 Å². The van der Waals surface area contributed by atoms with E-state index in [0.717, 1.165) is 43.1 Å². The largest absolute Gasteiger partial charge is 0.459 e. The molecule has 59 heavy (non-hydrogen) atoms. The van der Waals surface area contributed by atoms with Gasteiger partial charge in [0.05, 0.1) is 29.8 Å². The zero-order valence-electron chi connectivity index (χ0n) is 33.6. The highest BCUT2D eigenvalue weighted by molar-refractivity contribution is 6.03. The SMILES string of the molecule is C=CCOC12Oc3ccc(Oc4cccc(C=O)c4)cc3C3C(CCCCO)C(CCCCO)C=C(C(=NOCc4ccc([N+](=O)[O-])cc4)CC1N(C)C(=O)OCC)C32. The first-order valence-electron chi connectivity index (χ1n) is 20.2. The number of hydrogen-bond donors (Lipinski definition) is 2. The highest BCUT2D eigenvalue weighted by Crippen LogP contribution is 2.62. The van der Waals surface area contributed by atoms with Crippen molar-refractivity contribution in [3.05, 3.63) is 118 Å². The number of rotatable bonds is 20. The maximum Gasteiger partial charge on any atom is 0.409 e. The maximum atomic E-state index is 13.7. The van der Waals surface area contributed by atoms with Crippen LogP contribution in [0, 0.1) is 27.9 Å². The number of nitrogens with zero attached hydrogens (tertiary/aromatic N) is 3. The van der Waals surface area contributed by atoms with E-state index in [9.17, 15) is 29.9 Å². The van der Waals surface area contributed by atoms with E-state index in [1.807, 2.05) is 12.1 Å². The molecule has 2 N–H and O–H groups in total. The number of unbranched alkanes of at least 4 members (excludes halogenated alkanes) is 2. The lowest BCUT2D eigenvalue weighted by molar-refractivity contribution is -0.384. The zero-order valence-corrected chi connectivity index (χ0v) is 33.6. The van der Waals surface area contributed by atoms with Gasteiger partial charge in [0.1, 0.15) is 36.2 Å². The number of carbonyl (C=O) groups is 2. The summed E-state index contributed by atoms with van der Waals surface area (Å²) in [6, 6.07) is 17.8. The first-order valence-corrected chi connectivity index (χ1v) is 20.2. The molecule has 0 bridgehead atoms. The molecule has 3 aromatic rings. The number of carbonyl (C=O) groups excluding carboxylic acids is 2. The smallest absolute Gasteiger partial charge is 0.409 e. The number of likely N-dealkylation sites (N-methyl/N-ethyl adjacent to an activating group) is 1. The van der Waals surface area contributed by atoms with Gasteiger partial charge in [0, 0.05) is 55.9 Å². The van der Waals surface area contributed by atoms with Gasteiger partial charge in [-0.05, 0) is 98.0 Å². The van der Waals surface area contributed by atoms with Gasteiger partial charge in [-0.15, -0.1) is 6.58 Å². The average molecular weight is 812 g/mol. The molecule has 14 nitrogen and oxygen atoms in total. The number of nitro groups is 1. The molecule has 1 fully saturated rings. The third-order valence-corrected chi connectivity index (χ3v) is 11.5. The molecule has 1 aliphatic heterocycles. The molecule has 14 heteroatoms. The van der Waals surface area contributed by atoms with Crippen LogP contribution in [0.1, 0.15) is 79.3 Å². The van der Waals surface area contributed by atoms with Gasteiger partial charge in [-0.25, -0.2) is 4.79 Å². The van der Waals surface area contributed by atoms with Gasteiger partial charge in [-0.3, -0.25) is 14.9 Å². The number of amides is 1. The minimum absolute atomic E-state index is 0.00704. The van der Waals surface area contributed by atoms with Gasteiger partial charge in [0.25, 0.3) is 5.69 Å². The summed E-state index contributed by atoms with van der Waals surface area (Å²) >= 11 is 0. The summed E-state index contributed by atoms with van der Waals surface area (Å²) in [6.45, 7) is 6.10. The Bertz CT molecular complexity index is 2020. The van der Waals surface area contributed by atoms with Crippen molar-refractivity contribution < 1.29 is 48.5 Å². The lowest BCUT2D eigenvalue weighted by Crippen LogP contribution is -2.69. The van der Waals surface area contributed by atoms with Crippen LogP contribution in [0.15, 0.2) is 96.2 Å². The van der Waals surface area contributed by atoms with Crippen LogP contribution in [0.25, 0.3) is 0 Å². The van der Waals surface area contributed by atoms with Crippen molar-refractivity contribution in [2.45, 2.75) is 76.2 Å². The lowest BCUT2D eigenvalue weighted by atomic mass is 9.55. The van der Waals surface area contributed by atoms with Crippen LogP contribution < -0.4 is 9.47 Å². The molecule has 0 aromatic heterocycles. The van der Waals surface area contributed by atoms with Crippen molar-refractivity contribution in [3.63, 3.8) is 0 Å². The Balaban J connectivity index is 1.53. The van der Waals surface area contributed by atoms with Crippen LogP contribution in [0.3, 0.4) is 0 Å². The average Bonchev–Trinajstić information content (AvgIpc) is 3.24. The van der Waals surface area contributed by atoms with Crippen molar-refractivity contribution in [2.75, 3.05) is 33.5 Å². The number of oxime groups is 1. The molecule has 3 aliphatic rings. The third-order valence-electron chi connectivity index (χ3n) is 11.5. The minimum Gasteiger partial charge on any atom is -0.459 e. The Morgan fingerprint density at radius 2 is 1.80 bits per heavy atom. The third kappa shape index (κ3) is 9.51. The fraction of sp³-hybridized carbons (Fsp3) is 0.444. The van der Waals surface area contributed by atoms with Crippen molar-refractivity contribution in [1.29, 1.82) is 0 Å². The summed E-state index contributed by atoms with van der Waals surface area (Å²) in [4.78, 5) is 43.6. The number of aliphatic hydroxyl groups is 2. The topological polar surface area (TPSA) is 179 Å². The Hall–Kier alpha value is -5.57. The quantitative estimate of drug-likeness (QED) is 0.0370. The van der Waals surface area contributed by atoms with Crippen molar-refractivity contribution in [3.8, 4) is 17.2 Å². The summed E-state index contributed by atoms with van der Waals surface area (Å²) < 4.78 is 25.9. The van der Waals surface area contributed by atoms with Gasteiger partial charge in [0.2, 0.25) is 5.79 Å². The van der Waals surface area contributed by atoms with Crippen molar-refractivity contribution in [1.82, 2.24) is 4.90 Å². The van der Waals surface area contributed by atoms with E-state index >= 15 is 0 Å². The molecule has 1 heterocycles. The predicted octanol–water partition coefficient (Wildman–Crippen LogP) is 8.12. The van der Waals surface area contributed by atoms with Crippen molar-refractivity contribution in [2.24, 2.45) is 22.9 Å². The molecule has 3 aromatic carbocycles. The van der Waals surface area contributed by atoms with Gasteiger partial charge in [-0.1, -0.05) is 42.3 Å². The molecule has 6 unspecified atom stereocenters. The Morgan fingerprint density at radius 1 is 1.05 bits per heavy atom. The molecule has 0 radical (unpaired) electrons. The number of benzene rings is 3. The second kappa shape index (κ2) is 19.9.